The van der Waals surface area contributed by atoms with Crippen molar-refractivity contribution in [2.24, 2.45) is 0 Å². The molecule has 0 amide bonds. The molecule has 0 saturated heterocycles. The van der Waals surface area contributed by atoms with E-state index in [-0.39, 0.29) is 0 Å². The number of hydrogen-bond acceptors (Lipinski definition) is 5. The van der Waals surface area contributed by atoms with E-state index in [2.05, 4.69) is 21.0 Å². The van der Waals surface area contributed by atoms with Crippen LogP contribution in [0.5, 0.6) is 11.5 Å². The van der Waals surface area contributed by atoms with Crippen molar-refractivity contribution >= 4 is 11.0 Å². The summed E-state index contributed by atoms with van der Waals surface area (Å²) >= 11 is 0. The molecule has 1 aromatic carbocycles. The maximum absolute atomic E-state index is 9.25. The van der Waals surface area contributed by atoms with Gasteiger partial charge in [0.1, 0.15) is 23.1 Å². The summed E-state index contributed by atoms with van der Waals surface area (Å²) in [6.45, 7) is 3.66. The van der Waals surface area contributed by atoms with Crippen molar-refractivity contribution in [3.63, 3.8) is 0 Å². The Hall–Kier alpha value is -3.00. The molecule has 0 atom stereocenters. The number of hydrogen-bond donors (Lipinski definition) is 0. The van der Waals surface area contributed by atoms with E-state index in [4.69, 9.17) is 4.74 Å². The zero-order valence-corrected chi connectivity index (χ0v) is 11.7. The molecule has 0 spiro atoms. The Morgan fingerprint density at radius 3 is 2.57 bits per heavy atom. The topological polar surface area (TPSA) is 71.7 Å². The minimum atomic E-state index is 0.444. The fraction of sp³-hybridized carbons (Fsp3) is 0.125. The van der Waals surface area contributed by atoms with Crippen LogP contribution in [-0.2, 0) is 0 Å². The van der Waals surface area contributed by atoms with E-state index in [1.54, 1.807) is 31.5 Å². The van der Waals surface area contributed by atoms with Gasteiger partial charge in [0, 0.05) is 30.2 Å². The Balaban J connectivity index is 2.04. The molecular weight excluding hydrogens is 264 g/mol. The summed E-state index contributed by atoms with van der Waals surface area (Å²) in [5.41, 5.74) is 3.46. The monoisotopic (exact) mass is 276 g/mol. The van der Waals surface area contributed by atoms with E-state index in [0.29, 0.717) is 22.8 Å². The fourth-order valence-electron chi connectivity index (χ4n) is 2.14. The molecule has 2 aromatic heterocycles. The van der Waals surface area contributed by atoms with Crippen LogP contribution in [0.25, 0.3) is 11.0 Å². The lowest BCUT2D eigenvalue weighted by atomic mass is 10.2. The number of rotatable bonds is 2. The average Bonchev–Trinajstić information content (AvgIpc) is 2.47. The zero-order chi connectivity index (χ0) is 14.8. The summed E-state index contributed by atoms with van der Waals surface area (Å²) in [5.74, 6) is 1.12. The second-order valence-electron chi connectivity index (χ2n) is 4.64. The van der Waals surface area contributed by atoms with E-state index in [0.717, 1.165) is 16.7 Å². The third-order valence-electron chi connectivity index (χ3n) is 3.07. The number of aryl methyl sites for hydroxylation is 2. The largest absolute Gasteiger partial charge is 0.456 e. The minimum Gasteiger partial charge on any atom is -0.456 e. The highest BCUT2D eigenvalue weighted by atomic mass is 16.5. The normalized spacial score (nSPS) is 10.3. The Kier molecular flexibility index (Phi) is 3.20. The first-order chi connectivity index (χ1) is 10.2. The Morgan fingerprint density at radius 1 is 1.05 bits per heavy atom. The molecule has 21 heavy (non-hydrogen) atoms. The first-order valence-electron chi connectivity index (χ1n) is 6.44. The van der Waals surface area contributed by atoms with Gasteiger partial charge in [0.2, 0.25) is 0 Å². The van der Waals surface area contributed by atoms with Crippen molar-refractivity contribution in [3.8, 4) is 17.6 Å². The second kappa shape index (κ2) is 5.17. The molecule has 0 radical (unpaired) electrons. The van der Waals surface area contributed by atoms with Crippen LogP contribution in [0.3, 0.4) is 0 Å². The molecule has 0 unspecified atom stereocenters. The van der Waals surface area contributed by atoms with Gasteiger partial charge in [-0.15, -0.1) is 0 Å². The number of benzene rings is 1. The van der Waals surface area contributed by atoms with Crippen LogP contribution in [0.4, 0.5) is 0 Å². The molecule has 2 heterocycles. The molecule has 0 aliphatic carbocycles. The first kappa shape index (κ1) is 13.0. The Bertz CT molecular complexity index is 868. The third-order valence-corrected chi connectivity index (χ3v) is 3.07. The molecule has 5 heteroatoms. The van der Waals surface area contributed by atoms with Crippen molar-refractivity contribution in [1.29, 1.82) is 5.26 Å². The highest BCUT2D eigenvalue weighted by molar-refractivity contribution is 5.75. The Labute approximate surface area is 121 Å². The lowest BCUT2D eigenvalue weighted by Crippen LogP contribution is -1.96. The molecule has 0 fully saturated rings. The highest BCUT2D eigenvalue weighted by Gasteiger charge is 2.10. The number of aromatic nitrogens is 3. The predicted octanol–water partition coefficient (Wildman–Crippen LogP) is 3.31. The number of ether oxygens (including phenoxy) is 1. The van der Waals surface area contributed by atoms with Crippen LogP contribution in [-0.4, -0.2) is 15.0 Å². The van der Waals surface area contributed by atoms with Gasteiger partial charge in [-0.3, -0.25) is 15.0 Å². The van der Waals surface area contributed by atoms with Crippen molar-refractivity contribution in [2.75, 3.05) is 0 Å². The number of fused-ring (bicyclic) bond motifs is 1. The molecule has 5 nitrogen and oxygen atoms in total. The molecular formula is C16H12N4O. The van der Waals surface area contributed by atoms with Crippen molar-refractivity contribution in [1.82, 2.24) is 15.0 Å². The van der Waals surface area contributed by atoms with Gasteiger partial charge in [0.15, 0.2) is 0 Å². The van der Waals surface area contributed by atoms with Crippen LogP contribution < -0.4 is 4.74 Å². The summed E-state index contributed by atoms with van der Waals surface area (Å²) in [7, 11) is 0. The number of nitriles is 1. The first-order valence-corrected chi connectivity index (χ1v) is 6.44. The lowest BCUT2D eigenvalue weighted by molar-refractivity contribution is 0.479. The summed E-state index contributed by atoms with van der Waals surface area (Å²) in [5, 5.41) is 9.25. The van der Waals surface area contributed by atoms with E-state index < -0.39 is 0 Å². The van der Waals surface area contributed by atoms with E-state index in [1.807, 2.05) is 19.1 Å². The third kappa shape index (κ3) is 2.51. The van der Waals surface area contributed by atoms with Gasteiger partial charge < -0.3 is 4.74 Å². The van der Waals surface area contributed by atoms with Crippen molar-refractivity contribution < 1.29 is 4.74 Å². The van der Waals surface area contributed by atoms with Gasteiger partial charge in [0.25, 0.3) is 0 Å². The van der Waals surface area contributed by atoms with E-state index in [1.165, 1.54) is 0 Å². The standard InChI is InChI=1S/C16H12N4O/c1-10-7-16(13(9-17)11(2)20-10)21-12-3-4-14-15(8-12)19-6-5-18-14/h3-8H,1-2H3. The van der Waals surface area contributed by atoms with Crippen LogP contribution in [0.1, 0.15) is 17.0 Å². The van der Waals surface area contributed by atoms with Crippen molar-refractivity contribution in [3.05, 3.63) is 53.6 Å². The number of nitrogens with zero attached hydrogens (tertiary/aromatic N) is 4. The maximum Gasteiger partial charge on any atom is 0.148 e. The van der Waals surface area contributed by atoms with Gasteiger partial charge in [-0.1, -0.05) is 0 Å². The molecule has 0 aliphatic heterocycles. The molecule has 0 N–H and O–H groups in total. The molecule has 0 bridgehead atoms. The van der Waals surface area contributed by atoms with Gasteiger partial charge in [-0.25, -0.2) is 0 Å². The van der Waals surface area contributed by atoms with E-state index >= 15 is 0 Å². The average molecular weight is 276 g/mol. The molecule has 0 aliphatic rings. The lowest BCUT2D eigenvalue weighted by Gasteiger charge is -2.10. The summed E-state index contributed by atoms with van der Waals surface area (Å²) in [4.78, 5) is 12.7. The van der Waals surface area contributed by atoms with Gasteiger partial charge >= 0.3 is 0 Å². The fourth-order valence-corrected chi connectivity index (χ4v) is 2.14. The maximum atomic E-state index is 9.25. The van der Waals surface area contributed by atoms with Gasteiger partial charge in [-0.05, 0) is 26.0 Å². The van der Waals surface area contributed by atoms with Crippen molar-refractivity contribution in [2.45, 2.75) is 13.8 Å². The Morgan fingerprint density at radius 2 is 1.81 bits per heavy atom. The van der Waals surface area contributed by atoms with Crippen LogP contribution in [0, 0.1) is 25.2 Å². The predicted molar refractivity (Wildman–Crippen MR) is 78.0 cm³/mol. The SMILES string of the molecule is Cc1cc(Oc2ccc3nccnc3c2)c(C#N)c(C)n1. The van der Waals surface area contributed by atoms with Gasteiger partial charge in [-0.2, -0.15) is 5.26 Å². The minimum absolute atomic E-state index is 0.444. The van der Waals surface area contributed by atoms with Crippen LogP contribution in [0.15, 0.2) is 36.7 Å². The molecule has 3 rings (SSSR count). The van der Waals surface area contributed by atoms with Crippen LogP contribution >= 0.6 is 0 Å². The molecule has 102 valence electrons. The summed E-state index contributed by atoms with van der Waals surface area (Å²) < 4.78 is 5.84. The second-order valence-corrected chi connectivity index (χ2v) is 4.64. The highest BCUT2D eigenvalue weighted by Crippen LogP contribution is 2.28. The quantitative estimate of drug-likeness (QED) is 0.718. The summed E-state index contributed by atoms with van der Waals surface area (Å²) in [6.07, 6.45) is 3.28. The zero-order valence-electron chi connectivity index (χ0n) is 11.7. The van der Waals surface area contributed by atoms with Crippen LogP contribution in [0.2, 0.25) is 0 Å². The van der Waals surface area contributed by atoms with E-state index in [9.17, 15) is 5.26 Å². The molecule has 0 saturated carbocycles. The van der Waals surface area contributed by atoms with Gasteiger partial charge in [0.05, 0.1) is 16.7 Å². The molecule has 3 aromatic rings. The summed E-state index contributed by atoms with van der Waals surface area (Å²) in [6, 6.07) is 9.34. The number of pyridine rings is 1. The smallest absolute Gasteiger partial charge is 0.148 e.